The maximum Gasteiger partial charge on any atom is 0.257 e. The van der Waals surface area contributed by atoms with Crippen LogP contribution in [0, 0.1) is 18.3 Å². The van der Waals surface area contributed by atoms with Crippen LogP contribution in [-0.4, -0.2) is 33.6 Å². The third kappa shape index (κ3) is 2.60. The highest BCUT2D eigenvalue weighted by Gasteiger charge is 2.20. The quantitative estimate of drug-likeness (QED) is 0.835. The van der Waals surface area contributed by atoms with Gasteiger partial charge in [0.05, 0.1) is 24.3 Å². The van der Waals surface area contributed by atoms with Crippen molar-refractivity contribution in [1.82, 2.24) is 15.1 Å². The second-order valence-corrected chi connectivity index (χ2v) is 3.91. The van der Waals surface area contributed by atoms with Gasteiger partial charge in [-0.2, -0.15) is 10.4 Å². The van der Waals surface area contributed by atoms with E-state index in [-0.39, 0.29) is 11.9 Å². The molecular formula is C11H16N4O. The normalized spacial score (nSPS) is 10.2. The zero-order chi connectivity index (χ0) is 12.1. The van der Waals surface area contributed by atoms with E-state index in [1.807, 2.05) is 20.8 Å². The molecule has 0 unspecified atom stereocenters. The molecule has 0 bridgehead atoms. The van der Waals surface area contributed by atoms with Crippen LogP contribution in [0.1, 0.15) is 36.3 Å². The van der Waals surface area contributed by atoms with Crippen molar-refractivity contribution in [1.29, 1.82) is 5.26 Å². The lowest BCUT2D eigenvalue weighted by molar-refractivity contribution is 0.0709. The summed E-state index contributed by atoms with van der Waals surface area (Å²) >= 11 is 0. The van der Waals surface area contributed by atoms with E-state index < -0.39 is 0 Å². The molecule has 1 amide bonds. The van der Waals surface area contributed by atoms with Crippen LogP contribution in [0.2, 0.25) is 0 Å². The molecule has 0 saturated heterocycles. The molecule has 1 aromatic rings. The zero-order valence-electron chi connectivity index (χ0n) is 9.82. The number of carbonyl (C=O) groups excluding carboxylic acids is 1. The van der Waals surface area contributed by atoms with Gasteiger partial charge in [0.15, 0.2) is 0 Å². The van der Waals surface area contributed by atoms with Gasteiger partial charge < -0.3 is 4.90 Å². The Balaban J connectivity index is 2.84. The summed E-state index contributed by atoms with van der Waals surface area (Å²) in [5.74, 6) is -0.0727. The highest BCUT2D eigenvalue weighted by Crippen LogP contribution is 2.10. The first-order valence-electron chi connectivity index (χ1n) is 5.25. The molecule has 5 heteroatoms. The highest BCUT2D eigenvalue weighted by atomic mass is 16.2. The molecule has 16 heavy (non-hydrogen) atoms. The van der Waals surface area contributed by atoms with Gasteiger partial charge in [-0.1, -0.05) is 0 Å². The molecule has 1 N–H and O–H groups in total. The van der Waals surface area contributed by atoms with Crippen molar-refractivity contribution >= 4 is 5.91 Å². The van der Waals surface area contributed by atoms with Crippen molar-refractivity contribution in [3.8, 4) is 6.07 Å². The fourth-order valence-corrected chi connectivity index (χ4v) is 1.49. The summed E-state index contributed by atoms with van der Waals surface area (Å²) in [6.07, 6.45) is 1.88. The number of hydrogen-bond acceptors (Lipinski definition) is 3. The first kappa shape index (κ1) is 12.2. The number of amides is 1. The van der Waals surface area contributed by atoms with Crippen LogP contribution in [0.25, 0.3) is 0 Å². The largest absolute Gasteiger partial charge is 0.335 e. The van der Waals surface area contributed by atoms with Gasteiger partial charge in [-0.25, -0.2) is 0 Å². The maximum absolute atomic E-state index is 12.1. The molecule has 0 aliphatic heterocycles. The van der Waals surface area contributed by atoms with Crippen LogP contribution in [-0.2, 0) is 0 Å². The van der Waals surface area contributed by atoms with E-state index in [1.165, 1.54) is 6.20 Å². The monoisotopic (exact) mass is 220 g/mol. The number of hydrogen-bond donors (Lipinski definition) is 1. The van der Waals surface area contributed by atoms with Crippen LogP contribution in [0.3, 0.4) is 0 Å². The van der Waals surface area contributed by atoms with Crippen molar-refractivity contribution in [3.05, 3.63) is 17.5 Å². The number of H-pyrrole nitrogens is 1. The van der Waals surface area contributed by atoms with Gasteiger partial charge >= 0.3 is 0 Å². The Kier molecular flexibility index (Phi) is 4.06. The van der Waals surface area contributed by atoms with Crippen LogP contribution in [0.5, 0.6) is 0 Å². The Morgan fingerprint density at radius 2 is 2.38 bits per heavy atom. The Labute approximate surface area is 95.1 Å². The van der Waals surface area contributed by atoms with E-state index in [4.69, 9.17) is 5.26 Å². The number of carbonyl (C=O) groups is 1. The van der Waals surface area contributed by atoms with Gasteiger partial charge in [-0.3, -0.25) is 9.89 Å². The Morgan fingerprint density at radius 1 is 1.69 bits per heavy atom. The second kappa shape index (κ2) is 5.31. The van der Waals surface area contributed by atoms with Crippen molar-refractivity contribution in [2.24, 2.45) is 0 Å². The van der Waals surface area contributed by atoms with Gasteiger partial charge in [0.25, 0.3) is 5.91 Å². The molecule has 1 aromatic heterocycles. The van der Waals surface area contributed by atoms with Gasteiger partial charge in [0, 0.05) is 18.3 Å². The fourth-order valence-electron chi connectivity index (χ4n) is 1.49. The van der Waals surface area contributed by atoms with E-state index in [1.54, 1.807) is 4.90 Å². The Hall–Kier alpha value is -1.83. The van der Waals surface area contributed by atoms with E-state index >= 15 is 0 Å². The van der Waals surface area contributed by atoms with Crippen LogP contribution < -0.4 is 0 Å². The summed E-state index contributed by atoms with van der Waals surface area (Å²) in [6, 6.07) is 2.13. The molecular weight excluding hydrogens is 204 g/mol. The van der Waals surface area contributed by atoms with Gasteiger partial charge in [0.1, 0.15) is 0 Å². The molecule has 0 spiro atoms. The lowest BCUT2D eigenvalue weighted by Gasteiger charge is -2.25. The first-order chi connectivity index (χ1) is 7.57. The molecule has 86 valence electrons. The molecule has 5 nitrogen and oxygen atoms in total. The van der Waals surface area contributed by atoms with Crippen molar-refractivity contribution in [2.75, 3.05) is 6.54 Å². The first-order valence-corrected chi connectivity index (χ1v) is 5.25. The fraction of sp³-hybridized carbons (Fsp3) is 0.545. The molecule has 0 saturated carbocycles. The van der Waals surface area contributed by atoms with Gasteiger partial charge in [-0.15, -0.1) is 0 Å². The molecule has 1 rings (SSSR count). The van der Waals surface area contributed by atoms with Crippen LogP contribution in [0.15, 0.2) is 6.20 Å². The van der Waals surface area contributed by atoms with Crippen molar-refractivity contribution < 1.29 is 4.79 Å². The predicted molar refractivity (Wildman–Crippen MR) is 59.7 cm³/mol. The molecule has 0 aliphatic carbocycles. The summed E-state index contributed by atoms with van der Waals surface area (Å²) in [5.41, 5.74) is 1.33. The number of aromatic nitrogens is 2. The molecule has 0 atom stereocenters. The number of rotatable bonds is 4. The van der Waals surface area contributed by atoms with Crippen LogP contribution >= 0.6 is 0 Å². The number of nitriles is 1. The molecule has 0 radical (unpaired) electrons. The highest BCUT2D eigenvalue weighted by molar-refractivity contribution is 5.95. The summed E-state index contributed by atoms with van der Waals surface area (Å²) < 4.78 is 0. The molecule has 1 heterocycles. The van der Waals surface area contributed by atoms with Crippen molar-refractivity contribution in [3.63, 3.8) is 0 Å². The minimum atomic E-state index is -0.0727. The van der Waals surface area contributed by atoms with E-state index in [0.717, 1.165) is 5.69 Å². The third-order valence-corrected chi connectivity index (χ3v) is 2.41. The maximum atomic E-state index is 12.1. The number of nitrogens with zero attached hydrogens (tertiary/aromatic N) is 3. The zero-order valence-corrected chi connectivity index (χ0v) is 9.82. The topological polar surface area (TPSA) is 72.8 Å². The number of aromatic amines is 1. The lowest BCUT2D eigenvalue weighted by atomic mass is 10.2. The minimum Gasteiger partial charge on any atom is -0.335 e. The van der Waals surface area contributed by atoms with Gasteiger partial charge in [-0.05, 0) is 20.8 Å². The summed E-state index contributed by atoms with van der Waals surface area (Å²) in [6.45, 7) is 6.13. The number of nitrogens with one attached hydrogen (secondary N) is 1. The third-order valence-electron chi connectivity index (χ3n) is 2.41. The SMILES string of the molecule is Cc1[nH]ncc1C(=O)N(CCC#N)C(C)C. The predicted octanol–water partition coefficient (Wildman–Crippen LogP) is 1.48. The second-order valence-electron chi connectivity index (χ2n) is 3.91. The molecule has 0 aliphatic rings. The van der Waals surface area contributed by atoms with Gasteiger partial charge in [0.2, 0.25) is 0 Å². The summed E-state index contributed by atoms with van der Waals surface area (Å²) in [7, 11) is 0. The summed E-state index contributed by atoms with van der Waals surface area (Å²) in [4.78, 5) is 13.8. The lowest BCUT2D eigenvalue weighted by Crippen LogP contribution is -2.37. The Morgan fingerprint density at radius 3 is 2.81 bits per heavy atom. The molecule has 0 aromatic carbocycles. The molecule has 0 fully saturated rings. The standard InChI is InChI=1S/C11H16N4O/c1-8(2)15(6-4-5-12)11(16)10-7-13-14-9(10)3/h7-8H,4,6H2,1-3H3,(H,13,14). The van der Waals surface area contributed by atoms with E-state index in [0.29, 0.717) is 18.5 Å². The van der Waals surface area contributed by atoms with Crippen LogP contribution in [0.4, 0.5) is 0 Å². The average Bonchev–Trinajstić information content (AvgIpc) is 2.64. The smallest absolute Gasteiger partial charge is 0.257 e. The summed E-state index contributed by atoms with van der Waals surface area (Å²) in [5, 5.41) is 15.1. The minimum absolute atomic E-state index is 0.0727. The number of aryl methyl sites for hydroxylation is 1. The van der Waals surface area contributed by atoms with E-state index in [2.05, 4.69) is 16.3 Å². The van der Waals surface area contributed by atoms with E-state index in [9.17, 15) is 4.79 Å². The Bertz CT molecular complexity index is 402. The average molecular weight is 220 g/mol. The van der Waals surface area contributed by atoms with Crippen molar-refractivity contribution in [2.45, 2.75) is 33.2 Å².